The van der Waals surface area contributed by atoms with Crippen molar-refractivity contribution in [2.24, 2.45) is 17.6 Å². The number of amides is 1. The zero-order chi connectivity index (χ0) is 15.4. The Bertz CT molecular complexity index is 453. The fourth-order valence-electron chi connectivity index (χ4n) is 3.32. The standard InChI is InChI=1S/C18H28N2O.ClH/c1-13(2)17(16-7-5-4-6-8-16)18(21)20-11-9-15(10-12-20)14(3)19;/h4-8,13-15,17H,9-12,19H2,1-3H3;1H. The molecule has 0 radical (unpaired) electrons. The molecule has 3 nitrogen and oxygen atoms in total. The summed E-state index contributed by atoms with van der Waals surface area (Å²) in [6, 6.07) is 10.4. The maximum absolute atomic E-state index is 12.9. The number of hydrogen-bond donors (Lipinski definition) is 1. The Hall–Kier alpha value is -1.06. The first-order valence-corrected chi connectivity index (χ1v) is 8.10. The number of piperidine rings is 1. The number of halogens is 1. The van der Waals surface area contributed by atoms with Crippen molar-refractivity contribution in [3.63, 3.8) is 0 Å². The summed E-state index contributed by atoms with van der Waals surface area (Å²) in [5.74, 6) is 1.12. The van der Waals surface area contributed by atoms with Gasteiger partial charge in [-0.2, -0.15) is 0 Å². The van der Waals surface area contributed by atoms with Gasteiger partial charge in [-0.15, -0.1) is 12.4 Å². The highest BCUT2D eigenvalue weighted by Gasteiger charge is 2.31. The minimum absolute atomic E-state index is 0. The average molecular weight is 325 g/mol. The van der Waals surface area contributed by atoms with E-state index in [1.54, 1.807) is 0 Å². The molecule has 0 aromatic heterocycles. The lowest BCUT2D eigenvalue weighted by atomic mass is 9.85. The summed E-state index contributed by atoms with van der Waals surface area (Å²) in [5, 5.41) is 0. The molecular weight excluding hydrogens is 296 g/mol. The van der Waals surface area contributed by atoms with Crippen LogP contribution < -0.4 is 5.73 Å². The minimum atomic E-state index is -0.0296. The van der Waals surface area contributed by atoms with Crippen LogP contribution in [0.1, 0.15) is 45.1 Å². The van der Waals surface area contributed by atoms with Crippen molar-refractivity contribution in [1.82, 2.24) is 4.90 Å². The second-order valence-corrected chi connectivity index (χ2v) is 6.65. The average Bonchev–Trinajstić information content (AvgIpc) is 2.48. The largest absolute Gasteiger partial charge is 0.342 e. The molecular formula is C18H29ClN2O. The van der Waals surface area contributed by atoms with Gasteiger partial charge >= 0.3 is 0 Å². The molecule has 1 aromatic rings. The van der Waals surface area contributed by atoms with Gasteiger partial charge in [0.1, 0.15) is 0 Å². The van der Waals surface area contributed by atoms with E-state index in [4.69, 9.17) is 5.73 Å². The second-order valence-electron chi connectivity index (χ2n) is 6.65. The van der Waals surface area contributed by atoms with E-state index in [-0.39, 0.29) is 30.3 Å². The van der Waals surface area contributed by atoms with Gasteiger partial charge in [0, 0.05) is 19.1 Å². The molecule has 2 rings (SSSR count). The van der Waals surface area contributed by atoms with Crippen LogP contribution >= 0.6 is 12.4 Å². The quantitative estimate of drug-likeness (QED) is 0.922. The molecule has 1 aliphatic heterocycles. The van der Waals surface area contributed by atoms with Gasteiger partial charge in [-0.05, 0) is 37.2 Å². The molecule has 1 fully saturated rings. The first kappa shape index (κ1) is 19.0. The van der Waals surface area contributed by atoms with Gasteiger partial charge in [0.25, 0.3) is 0 Å². The van der Waals surface area contributed by atoms with Crippen LogP contribution in [0.4, 0.5) is 0 Å². The van der Waals surface area contributed by atoms with Gasteiger partial charge in [-0.25, -0.2) is 0 Å². The number of carbonyl (C=O) groups is 1. The molecule has 4 heteroatoms. The zero-order valence-corrected chi connectivity index (χ0v) is 14.7. The van der Waals surface area contributed by atoms with E-state index in [9.17, 15) is 4.79 Å². The molecule has 1 aliphatic rings. The van der Waals surface area contributed by atoms with E-state index in [1.807, 2.05) is 23.1 Å². The maximum Gasteiger partial charge on any atom is 0.230 e. The summed E-state index contributed by atoms with van der Waals surface area (Å²) in [6.45, 7) is 8.03. The van der Waals surface area contributed by atoms with Gasteiger partial charge in [-0.3, -0.25) is 4.79 Å². The Labute approximate surface area is 140 Å². The van der Waals surface area contributed by atoms with Gasteiger partial charge in [0.05, 0.1) is 5.92 Å². The first-order chi connectivity index (χ1) is 10.0. The highest BCUT2D eigenvalue weighted by Crippen LogP contribution is 2.29. The van der Waals surface area contributed by atoms with Crippen molar-refractivity contribution in [3.8, 4) is 0 Å². The zero-order valence-electron chi connectivity index (χ0n) is 13.9. The Morgan fingerprint density at radius 3 is 2.14 bits per heavy atom. The van der Waals surface area contributed by atoms with Crippen LogP contribution in [0.2, 0.25) is 0 Å². The summed E-state index contributed by atoms with van der Waals surface area (Å²) >= 11 is 0. The van der Waals surface area contributed by atoms with Crippen molar-refractivity contribution in [1.29, 1.82) is 0 Å². The molecule has 1 aromatic carbocycles. The van der Waals surface area contributed by atoms with Gasteiger partial charge < -0.3 is 10.6 Å². The van der Waals surface area contributed by atoms with E-state index in [0.29, 0.717) is 11.8 Å². The number of hydrogen-bond acceptors (Lipinski definition) is 2. The van der Waals surface area contributed by atoms with E-state index >= 15 is 0 Å². The molecule has 0 saturated carbocycles. The topological polar surface area (TPSA) is 46.3 Å². The van der Waals surface area contributed by atoms with Crippen molar-refractivity contribution < 1.29 is 4.79 Å². The smallest absolute Gasteiger partial charge is 0.230 e. The third kappa shape index (κ3) is 4.47. The highest BCUT2D eigenvalue weighted by atomic mass is 35.5. The van der Waals surface area contributed by atoms with Crippen LogP contribution in [0, 0.1) is 11.8 Å². The Morgan fingerprint density at radius 2 is 1.68 bits per heavy atom. The number of likely N-dealkylation sites (tertiary alicyclic amines) is 1. The lowest BCUT2D eigenvalue weighted by molar-refractivity contribution is -0.135. The number of nitrogens with zero attached hydrogens (tertiary/aromatic N) is 1. The van der Waals surface area contributed by atoms with Crippen molar-refractivity contribution in [2.75, 3.05) is 13.1 Å². The van der Waals surface area contributed by atoms with Crippen LogP contribution in [0.3, 0.4) is 0 Å². The maximum atomic E-state index is 12.9. The van der Waals surface area contributed by atoms with Crippen molar-refractivity contribution in [2.45, 2.75) is 45.6 Å². The second kappa shape index (κ2) is 8.54. The summed E-state index contributed by atoms with van der Waals surface area (Å²) in [7, 11) is 0. The molecule has 2 atom stereocenters. The van der Waals surface area contributed by atoms with Gasteiger partial charge in [-0.1, -0.05) is 44.2 Å². The third-order valence-electron chi connectivity index (χ3n) is 4.69. The molecule has 1 saturated heterocycles. The lowest BCUT2D eigenvalue weighted by Gasteiger charge is -2.36. The summed E-state index contributed by atoms with van der Waals surface area (Å²) in [5.41, 5.74) is 7.12. The number of benzene rings is 1. The normalized spacial score (nSPS) is 18.7. The molecule has 1 heterocycles. The van der Waals surface area contributed by atoms with Crippen LogP contribution in [0.15, 0.2) is 30.3 Å². The molecule has 22 heavy (non-hydrogen) atoms. The van der Waals surface area contributed by atoms with E-state index in [1.165, 1.54) is 0 Å². The van der Waals surface area contributed by atoms with E-state index in [2.05, 4.69) is 32.9 Å². The molecule has 0 bridgehead atoms. The predicted molar refractivity (Wildman–Crippen MR) is 94.2 cm³/mol. The molecule has 1 amide bonds. The summed E-state index contributed by atoms with van der Waals surface area (Å²) in [6.07, 6.45) is 2.06. The number of carbonyl (C=O) groups excluding carboxylic acids is 1. The number of nitrogens with two attached hydrogens (primary N) is 1. The van der Waals surface area contributed by atoms with Crippen molar-refractivity contribution >= 4 is 18.3 Å². The Kier molecular flexibility index (Phi) is 7.37. The van der Waals surface area contributed by atoms with Crippen molar-refractivity contribution in [3.05, 3.63) is 35.9 Å². The van der Waals surface area contributed by atoms with E-state index in [0.717, 1.165) is 31.5 Å². The Balaban J connectivity index is 0.00000242. The van der Waals surface area contributed by atoms with Crippen LogP contribution in [-0.4, -0.2) is 29.9 Å². The minimum Gasteiger partial charge on any atom is -0.342 e. The van der Waals surface area contributed by atoms with Crippen LogP contribution in [-0.2, 0) is 4.79 Å². The molecule has 124 valence electrons. The van der Waals surface area contributed by atoms with Gasteiger partial charge in [0.2, 0.25) is 5.91 Å². The molecule has 0 spiro atoms. The molecule has 0 aliphatic carbocycles. The summed E-state index contributed by atoms with van der Waals surface area (Å²) < 4.78 is 0. The SMILES string of the molecule is CC(C)C(C(=O)N1CCC(C(C)N)CC1)c1ccccc1.Cl. The lowest BCUT2D eigenvalue weighted by Crippen LogP contribution is -2.45. The van der Waals surface area contributed by atoms with Crippen LogP contribution in [0.5, 0.6) is 0 Å². The van der Waals surface area contributed by atoms with Crippen LogP contribution in [0.25, 0.3) is 0 Å². The van der Waals surface area contributed by atoms with E-state index < -0.39 is 0 Å². The van der Waals surface area contributed by atoms with Gasteiger partial charge in [0.15, 0.2) is 0 Å². The fourth-order valence-corrected chi connectivity index (χ4v) is 3.32. The molecule has 2 unspecified atom stereocenters. The number of rotatable bonds is 4. The Morgan fingerprint density at radius 1 is 1.14 bits per heavy atom. The third-order valence-corrected chi connectivity index (χ3v) is 4.69. The first-order valence-electron chi connectivity index (χ1n) is 8.10. The monoisotopic (exact) mass is 324 g/mol. The highest BCUT2D eigenvalue weighted by molar-refractivity contribution is 5.85. The predicted octanol–water partition coefficient (Wildman–Crippen LogP) is 3.43. The summed E-state index contributed by atoms with van der Waals surface area (Å²) in [4.78, 5) is 14.9. The fraction of sp³-hybridized carbons (Fsp3) is 0.611. The molecule has 2 N–H and O–H groups in total.